The van der Waals surface area contributed by atoms with Gasteiger partial charge in [-0.1, -0.05) is 11.6 Å². The molecule has 0 aromatic heterocycles. The highest BCUT2D eigenvalue weighted by Gasteiger charge is 2.26. The molecule has 94 valence electrons. The van der Waals surface area contributed by atoms with Gasteiger partial charge in [0.25, 0.3) is 0 Å². The van der Waals surface area contributed by atoms with Crippen LogP contribution in [0.15, 0.2) is 6.07 Å². The van der Waals surface area contributed by atoms with Gasteiger partial charge in [-0.25, -0.2) is 0 Å². The summed E-state index contributed by atoms with van der Waals surface area (Å²) in [4.78, 5) is 10.8. The molecule has 0 saturated carbocycles. The molecule has 1 atom stereocenters. The maximum Gasteiger partial charge on any atom is 0.325 e. The number of aliphatic carboxylic acids is 1. The van der Waals surface area contributed by atoms with Gasteiger partial charge in [0, 0.05) is 11.6 Å². The Labute approximate surface area is 103 Å². The number of hydrogen-bond donors (Lipinski definition) is 3. The Hall–Kier alpha value is -1.66. The summed E-state index contributed by atoms with van der Waals surface area (Å²) in [5.74, 6) is -1.35. The number of methoxy groups -OCH3 is 2. The standard InChI is InChI=1S/C10H12ClNO5/c1-16-5-3-4(13)6(8(12)10(14)15)7(11)9(5)17-2/h3,8,13H,12H2,1-2H3,(H,14,15). The summed E-state index contributed by atoms with van der Waals surface area (Å²) in [6.45, 7) is 0. The van der Waals surface area contributed by atoms with Crippen molar-refractivity contribution in [3.8, 4) is 17.2 Å². The van der Waals surface area contributed by atoms with Crippen LogP contribution in [-0.2, 0) is 4.79 Å². The molecular weight excluding hydrogens is 250 g/mol. The first kappa shape index (κ1) is 13.4. The van der Waals surface area contributed by atoms with Gasteiger partial charge in [0.2, 0.25) is 0 Å². The summed E-state index contributed by atoms with van der Waals surface area (Å²) in [7, 11) is 2.71. The monoisotopic (exact) mass is 261 g/mol. The highest BCUT2D eigenvalue weighted by atomic mass is 35.5. The van der Waals surface area contributed by atoms with Crippen LogP contribution in [0.2, 0.25) is 5.02 Å². The minimum Gasteiger partial charge on any atom is -0.507 e. The molecule has 4 N–H and O–H groups in total. The summed E-state index contributed by atoms with van der Waals surface area (Å²) >= 11 is 5.93. The first-order valence-corrected chi connectivity index (χ1v) is 4.93. The molecule has 7 heteroatoms. The smallest absolute Gasteiger partial charge is 0.325 e. The first-order chi connectivity index (χ1) is 7.93. The number of rotatable bonds is 4. The third kappa shape index (κ3) is 2.37. The zero-order valence-electron chi connectivity index (χ0n) is 9.23. The minimum atomic E-state index is -1.44. The van der Waals surface area contributed by atoms with E-state index in [1.165, 1.54) is 20.3 Å². The highest BCUT2D eigenvalue weighted by molar-refractivity contribution is 6.33. The largest absolute Gasteiger partial charge is 0.507 e. The van der Waals surface area contributed by atoms with Crippen molar-refractivity contribution in [3.05, 3.63) is 16.7 Å². The number of phenols is 1. The number of benzene rings is 1. The lowest BCUT2D eigenvalue weighted by atomic mass is 10.1. The van der Waals surface area contributed by atoms with Gasteiger partial charge in [-0.3, -0.25) is 4.79 Å². The van der Waals surface area contributed by atoms with Gasteiger partial charge >= 0.3 is 5.97 Å². The molecule has 0 heterocycles. The first-order valence-electron chi connectivity index (χ1n) is 4.55. The fourth-order valence-corrected chi connectivity index (χ4v) is 1.76. The lowest BCUT2D eigenvalue weighted by Crippen LogP contribution is -2.21. The molecule has 0 fully saturated rings. The Morgan fingerprint density at radius 1 is 1.47 bits per heavy atom. The second-order valence-corrected chi connectivity index (χ2v) is 3.55. The van der Waals surface area contributed by atoms with Crippen LogP contribution in [0.5, 0.6) is 17.2 Å². The van der Waals surface area contributed by atoms with E-state index in [0.29, 0.717) is 0 Å². The average Bonchev–Trinajstić information content (AvgIpc) is 2.27. The molecule has 1 aromatic rings. The third-order valence-electron chi connectivity index (χ3n) is 2.20. The molecule has 17 heavy (non-hydrogen) atoms. The van der Waals surface area contributed by atoms with Crippen molar-refractivity contribution in [1.82, 2.24) is 0 Å². The Kier molecular flexibility index (Phi) is 4.03. The lowest BCUT2D eigenvalue weighted by molar-refractivity contribution is -0.138. The fraction of sp³-hybridized carbons (Fsp3) is 0.300. The van der Waals surface area contributed by atoms with Crippen LogP contribution in [0.25, 0.3) is 0 Å². The number of carboxylic acid groups (broad SMARTS) is 1. The minimum absolute atomic E-state index is 0.0840. The summed E-state index contributed by atoms with van der Waals surface area (Å²) in [6.07, 6.45) is 0. The Balaban J connectivity index is 3.47. The summed E-state index contributed by atoms with van der Waals surface area (Å²) in [5, 5.41) is 18.4. The Morgan fingerprint density at radius 2 is 2.06 bits per heavy atom. The number of nitrogens with two attached hydrogens (primary N) is 1. The number of carboxylic acids is 1. The maximum atomic E-state index is 10.8. The van der Waals surface area contributed by atoms with Crippen LogP contribution in [0.1, 0.15) is 11.6 Å². The number of ether oxygens (including phenoxy) is 2. The predicted molar refractivity (Wildman–Crippen MR) is 60.8 cm³/mol. The van der Waals surface area contributed by atoms with E-state index in [1.807, 2.05) is 0 Å². The average molecular weight is 262 g/mol. The topological polar surface area (TPSA) is 102 Å². The lowest BCUT2D eigenvalue weighted by Gasteiger charge is -2.16. The number of carbonyl (C=O) groups is 1. The van der Waals surface area contributed by atoms with Gasteiger partial charge < -0.3 is 25.4 Å². The van der Waals surface area contributed by atoms with Gasteiger partial charge in [-0.05, 0) is 0 Å². The molecule has 0 bridgehead atoms. The molecule has 0 spiro atoms. The van der Waals surface area contributed by atoms with E-state index in [9.17, 15) is 9.90 Å². The van der Waals surface area contributed by atoms with Crippen molar-refractivity contribution in [2.24, 2.45) is 5.73 Å². The van der Waals surface area contributed by atoms with Crippen molar-refractivity contribution in [2.45, 2.75) is 6.04 Å². The molecule has 6 nitrogen and oxygen atoms in total. The van der Waals surface area contributed by atoms with Crippen molar-refractivity contribution in [3.63, 3.8) is 0 Å². The number of aromatic hydroxyl groups is 1. The van der Waals surface area contributed by atoms with E-state index in [-0.39, 0.29) is 27.8 Å². The zero-order valence-corrected chi connectivity index (χ0v) is 9.99. The molecule has 0 saturated heterocycles. The van der Waals surface area contributed by atoms with E-state index in [2.05, 4.69) is 0 Å². The molecule has 0 amide bonds. The van der Waals surface area contributed by atoms with Crippen LogP contribution in [0.4, 0.5) is 0 Å². The Morgan fingerprint density at radius 3 is 2.47 bits per heavy atom. The molecule has 1 aromatic carbocycles. The Bertz CT molecular complexity index is 449. The second-order valence-electron chi connectivity index (χ2n) is 3.17. The predicted octanol–water partition coefficient (Wildman–Crippen LogP) is 1.15. The van der Waals surface area contributed by atoms with Crippen LogP contribution >= 0.6 is 11.6 Å². The van der Waals surface area contributed by atoms with E-state index < -0.39 is 12.0 Å². The molecule has 0 aliphatic heterocycles. The number of phenolic OH excluding ortho intramolecular Hbond substituents is 1. The molecule has 1 unspecified atom stereocenters. The summed E-state index contributed by atoms with van der Waals surface area (Å²) < 4.78 is 9.91. The van der Waals surface area contributed by atoms with Gasteiger partial charge in [0.1, 0.15) is 11.8 Å². The SMILES string of the molecule is COc1cc(O)c(C(N)C(=O)O)c(Cl)c1OC. The number of halogens is 1. The summed E-state index contributed by atoms with van der Waals surface area (Å²) in [5.41, 5.74) is 5.30. The quantitative estimate of drug-likeness (QED) is 0.751. The van der Waals surface area contributed by atoms with E-state index in [0.717, 1.165) is 0 Å². The van der Waals surface area contributed by atoms with Crippen LogP contribution in [0, 0.1) is 0 Å². The maximum absolute atomic E-state index is 10.8. The van der Waals surface area contributed by atoms with Gasteiger partial charge in [0.05, 0.1) is 19.2 Å². The fourth-order valence-electron chi connectivity index (χ4n) is 1.37. The van der Waals surface area contributed by atoms with E-state index >= 15 is 0 Å². The molecule has 0 aliphatic rings. The summed E-state index contributed by atoms with van der Waals surface area (Å²) in [6, 6.07) is -0.245. The van der Waals surface area contributed by atoms with Crippen molar-refractivity contribution < 1.29 is 24.5 Å². The van der Waals surface area contributed by atoms with E-state index in [1.54, 1.807) is 0 Å². The van der Waals surface area contributed by atoms with Gasteiger partial charge in [0.15, 0.2) is 11.5 Å². The molecule has 1 rings (SSSR count). The molecular formula is C10H12ClNO5. The van der Waals surface area contributed by atoms with Gasteiger partial charge in [-0.2, -0.15) is 0 Å². The van der Waals surface area contributed by atoms with Crippen LogP contribution in [0.3, 0.4) is 0 Å². The van der Waals surface area contributed by atoms with Crippen molar-refractivity contribution in [1.29, 1.82) is 0 Å². The zero-order chi connectivity index (χ0) is 13.2. The number of hydrogen-bond acceptors (Lipinski definition) is 5. The van der Waals surface area contributed by atoms with Crippen LogP contribution < -0.4 is 15.2 Å². The third-order valence-corrected chi connectivity index (χ3v) is 2.58. The molecule has 0 radical (unpaired) electrons. The van der Waals surface area contributed by atoms with Gasteiger partial charge in [-0.15, -0.1) is 0 Å². The second kappa shape index (κ2) is 5.11. The normalized spacial score (nSPS) is 12.0. The van der Waals surface area contributed by atoms with Crippen LogP contribution in [-0.4, -0.2) is 30.4 Å². The highest BCUT2D eigenvalue weighted by Crippen LogP contribution is 2.44. The van der Waals surface area contributed by atoms with Crippen molar-refractivity contribution in [2.75, 3.05) is 14.2 Å². The van der Waals surface area contributed by atoms with Crippen molar-refractivity contribution >= 4 is 17.6 Å². The molecule has 0 aliphatic carbocycles. The van der Waals surface area contributed by atoms with E-state index in [4.69, 9.17) is 31.9 Å².